The summed E-state index contributed by atoms with van der Waals surface area (Å²) in [5, 5.41) is 37.3. The number of phenols is 2. The van der Waals surface area contributed by atoms with Crippen molar-refractivity contribution in [1.29, 1.82) is 0 Å². The first kappa shape index (κ1) is 34.6. The van der Waals surface area contributed by atoms with Gasteiger partial charge in [0.15, 0.2) is 0 Å². The Kier molecular flexibility index (Phi) is 13.9. The lowest BCUT2D eigenvalue weighted by molar-refractivity contribution is -0.142. The monoisotopic (exact) mass is 617 g/mol. The number of amides is 3. The van der Waals surface area contributed by atoms with Gasteiger partial charge in [-0.05, 0) is 73.1 Å². The molecule has 240 valence electrons. The quantitative estimate of drug-likeness (QED) is 0.117. The lowest BCUT2D eigenvalue weighted by Crippen LogP contribution is -2.56. The summed E-state index contributed by atoms with van der Waals surface area (Å²) in [6.07, 6.45) is 4.01. The van der Waals surface area contributed by atoms with E-state index in [1.165, 1.54) is 12.1 Å². The van der Waals surface area contributed by atoms with Gasteiger partial charge < -0.3 is 31.3 Å². The molecule has 0 fully saturated rings. The van der Waals surface area contributed by atoms with E-state index in [4.69, 9.17) is 0 Å². The van der Waals surface area contributed by atoms with Crippen LogP contribution in [0.5, 0.6) is 11.5 Å². The van der Waals surface area contributed by atoms with Crippen LogP contribution in [-0.2, 0) is 38.4 Å². The second kappa shape index (κ2) is 18.1. The van der Waals surface area contributed by atoms with Crippen molar-refractivity contribution in [2.45, 2.75) is 82.8 Å². The maximum Gasteiger partial charge on any atom is 0.326 e. The number of aromatic hydroxyl groups is 2. The molecule has 0 radical (unpaired) electrons. The van der Waals surface area contributed by atoms with E-state index < -0.39 is 35.9 Å². The van der Waals surface area contributed by atoms with Crippen LogP contribution < -0.4 is 16.0 Å². The van der Waals surface area contributed by atoms with Gasteiger partial charge in [-0.3, -0.25) is 14.4 Å². The summed E-state index contributed by atoms with van der Waals surface area (Å²) in [7, 11) is 0. The van der Waals surface area contributed by atoms with E-state index in [0.717, 1.165) is 29.5 Å². The Hall–Kier alpha value is -4.86. The number of benzene rings is 3. The molecule has 6 N–H and O–H groups in total. The number of hydrogen-bond acceptors (Lipinski definition) is 6. The molecule has 0 bridgehead atoms. The molecule has 10 nitrogen and oxygen atoms in total. The van der Waals surface area contributed by atoms with Gasteiger partial charge in [0, 0.05) is 12.8 Å². The molecule has 3 amide bonds. The SMILES string of the molecule is CCCCCC(=O)N[C@H](CCc1ccc(O)cc1)C(=O)N[C@@H](CCc1ccc(O)cc1)C(=O)N[C@H](Cc1ccccc1)C(=O)O. The standard InChI is InChI=1S/C35H43N3O7/c1-2-3-5-10-32(41)36-29(21-15-24-11-17-27(39)18-12-24)33(42)37-30(22-16-25-13-19-28(40)20-14-25)34(43)38-31(35(44)45)23-26-8-6-4-7-9-26/h4,6-9,11-14,17-20,29-31,39-40H,2-3,5,10,15-16,21-23H2,1H3,(H,36,41)(H,37,42)(H,38,43)(H,44,45)/t29-,30+,31-/m1/s1. The highest BCUT2D eigenvalue weighted by atomic mass is 16.4. The number of carboxylic acids is 1. The van der Waals surface area contributed by atoms with Crippen LogP contribution in [0.1, 0.15) is 62.1 Å². The van der Waals surface area contributed by atoms with Crippen LogP contribution in [0.25, 0.3) is 0 Å². The van der Waals surface area contributed by atoms with E-state index in [1.807, 2.05) is 13.0 Å². The van der Waals surface area contributed by atoms with Gasteiger partial charge in [0.05, 0.1) is 0 Å². The van der Waals surface area contributed by atoms with Crippen molar-refractivity contribution >= 4 is 23.7 Å². The minimum absolute atomic E-state index is 0.0591. The van der Waals surface area contributed by atoms with Gasteiger partial charge in [0.25, 0.3) is 0 Å². The topological polar surface area (TPSA) is 165 Å². The zero-order valence-corrected chi connectivity index (χ0v) is 25.6. The molecule has 0 aliphatic carbocycles. The molecule has 0 aromatic heterocycles. The first-order valence-electron chi connectivity index (χ1n) is 15.4. The molecule has 0 aliphatic rings. The van der Waals surface area contributed by atoms with Gasteiger partial charge in [0.1, 0.15) is 29.6 Å². The van der Waals surface area contributed by atoms with Gasteiger partial charge in [0.2, 0.25) is 17.7 Å². The molecule has 10 heteroatoms. The number of rotatable bonds is 18. The Labute approximate surface area is 263 Å². The fraction of sp³-hybridized carbons (Fsp3) is 0.371. The lowest BCUT2D eigenvalue weighted by atomic mass is 10.0. The van der Waals surface area contributed by atoms with E-state index in [1.54, 1.807) is 60.7 Å². The van der Waals surface area contributed by atoms with Crippen molar-refractivity contribution in [3.05, 3.63) is 95.6 Å². The number of phenolic OH excluding ortho intramolecular Hbond substituents is 2. The Morgan fingerprint density at radius 3 is 1.60 bits per heavy atom. The van der Waals surface area contributed by atoms with Gasteiger partial charge in [-0.15, -0.1) is 0 Å². The first-order chi connectivity index (χ1) is 21.6. The lowest BCUT2D eigenvalue weighted by Gasteiger charge is -2.25. The summed E-state index contributed by atoms with van der Waals surface area (Å²) in [4.78, 5) is 52.1. The average molecular weight is 618 g/mol. The maximum atomic E-state index is 13.7. The molecule has 45 heavy (non-hydrogen) atoms. The molecule has 0 aliphatic heterocycles. The van der Waals surface area contributed by atoms with Crippen molar-refractivity contribution in [2.24, 2.45) is 0 Å². The van der Waals surface area contributed by atoms with E-state index in [0.29, 0.717) is 19.3 Å². The molecule has 3 rings (SSSR count). The van der Waals surface area contributed by atoms with Gasteiger partial charge in [-0.25, -0.2) is 4.79 Å². The predicted molar refractivity (Wildman–Crippen MR) is 171 cm³/mol. The summed E-state index contributed by atoms with van der Waals surface area (Å²) in [5.74, 6) is -2.48. The van der Waals surface area contributed by atoms with Gasteiger partial charge in [-0.2, -0.15) is 0 Å². The largest absolute Gasteiger partial charge is 0.508 e. The summed E-state index contributed by atoms with van der Waals surface area (Å²) >= 11 is 0. The first-order valence-corrected chi connectivity index (χ1v) is 15.4. The van der Waals surface area contributed by atoms with Crippen LogP contribution in [-0.4, -0.2) is 57.1 Å². The van der Waals surface area contributed by atoms with Crippen LogP contribution in [0.4, 0.5) is 0 Å². The van der Waals surface area contributed by atoms with E-state index in [2.05, 4.69) is 16.0 Å². The summed E-state index contributed by atoms with van der Waals surface area (Å²) in [5.41, 5.74) is 2.40. The van der Waals surface area contributed by atoms with Crippen molar-refractivity contribution in [1.82, 2.24) is 16.0 Å². The maximum absolute atomic E-state index is 13.7. The van der Waals surface area contributed by atoms with Gasteiger partial charge in [-0.1, -0.05) is 74.4 Å². The fourth-order valence-electron chi connectivity index (χ4n) is 4.88. The molecule has 3 aromatic rings. The molecule has 3 atom stereocenters. The zero-order valence-electron chi connectivity index (χ0n) is 25.6. The van der Waals surface area contributed by atoms with Crippen molar-refractivity contribution in [3.8, 4) is 11.5 Å². The number of carbonyl (C=O) groups excluding carboxylic acids is 3. The molecule has 3 aromatic carbocycles. The Morgan fingerprint density at radius 1 is 0.622 bits per heavy atom. The number of aryl methyl sites for hydroxylation is 2. The summed E-state index contributed by atoms with van der Waals surface area (Å²) in [6, 6.07) is 18.7. The number of carboxylic acid groups (broad SMARTS) is 1. The highest BCUT2D eigenvalue weighted by Gasteiger charge is 2.29. The second-order valence-corrected chi connectivity index (χ2v) is 11.1. The summed E-state index contributed by atoms with van der Waals surface area (Å²) in [6.45, 7) is 2.03. The number of unbranched alkanes of at least 4 members (excludes halogenated alkanes) is 2. The third-order valence-corrected chi connectivity index (χ3v) is 7.51. The van der Waals surface area contributed by atoms with Crippen molar-refractivity contribution in [2.75, 3.05) is 0 Å². The van der Waals surface area contributed by atoms with Gasteiger partial charge >= 0.3 is 5.97 Å². The average Bonchev–Trinajstić information content (AvgIpc) is 3.03. The molecule has 0 unspecified atom stereocenters. The number of aliphatic carboxylic acids is 1. The Morgan fingerprint density at radius 2 is 1.11 bits per heavy atom. The third-order valence-electron chi connectivity index (χ3n) is 7.51. The highest BCUT2D eigenvalue weighted by Crippen LogP contribution is 2.15. The van der Waals surface area contributed by atoms with Crippen LogP contribution in [0, 0.1) is 0 Å². The molecular formula is C35H43N3O7. The Bertz CT molecular complexity index is 1380. The molecule has 0 heterocycles. The Balaban J connectivity index is 1.78. The number of nitrogens with one attached hydrogen (secondary N) is 3. The van der Waals surface area contributed by atoms with Crippen molar-refractivity contribution in [3.63, 3.8) is 0 Å². The van der Waals surface area contributed by atoms with Crippen LogP contribution in [0.3, 0.4) is 0 Å². The predicted octanol–water partition coefficient (Wildman–Crippen LogP) is 4.03. The van der Waals surface area contributed by atoms with Crippen LogP contribution in [0.2, 0.25) is 0 Å². The zero-order chi connectivity index (χ0) is 32.6. The van der Waals surface area contributed by atoms with Crippen LogP contribution in [0.15, 0.2) is 78.9 Å². The summed E-state index contributed by atoms with van der Waals surface area (Å²) < 4.78 is 0. The fourth-order valence-corrected chi connectivity index (χ4v) is 4.88. The molecule has 0 saturated heterocycles. The molecular weight excluding hydrogens is 574 g/mol. The number of hydrogen-bond donors (Lipinski definition) is 6. The van der Waals surface area contributed by atoms with E-state index >= 15 is 0 Å². The molecule has 0 saturated carbocycles. The molecule has 0 spiro atoms. The van der Waals surface area contributed by atoms with E-state index in [9.17, 15) is 34.5 Å². The third kappa shape index (κ3) is 12.3. The van der Waals surface area contributed by atoms with E-state index in [-0.39, 0.29) is 43.1 Å². The smallest absolute Gasteiger partial charge is 0.326 e. The van der Waals surface area contributed by atoms with Crippen molar-refractivity contribution < 1.29 is 34.5 Å². The minimum Gasteiger partial charge on any atom is -0.508 e. The normalized spacial score (nSPS) is 12.8. The van der Waals surface area contributed by atoms with Crippen LogP contribution >= 0.6 is 0 Å². The minimum atomic E-state index is -1.23. The second-order valence-electron chi connectivity index (χ2n) is 11.1. The number of carbonyl (C=O) groups is 4. The highest BCUT2D eigenvalue weighted by molar-refractivity contribution is 5.93.